The second-order valence-corrected chi connectivity index (χ2v) is 7.17. The molecule has 0 saturated heterocycles. The van der Waals surface area contributed by atoms with Crippen LogP contribution < -0.4 is 9.47 Å². The summed E-state index contributed by atoms with van der Waals surface area (Å²) in [6.45, 7) is 1.95. The molecule has 0 atom stereocenters. The molecular weight excluding hydrogens is 352 g/mol. The molecule has 4 nitrogen and oxygen atoms in total. The quantitative estimate of drug-likeness (QED) is 0.565. The molecule has 0 spiro atoms. The van der Waals surface area contributed by atoms with E-state index in [-0.39, 0.29) is 0 Å². The Morgan fingerprint density at radius 1 is 1.16 bits per heavy atom. The first-order chi connectivity index (χ1) is 12.2. The second-order valence-electron chi connectivity index (χ2n) is 5.19. The normalized spacial score (nSPS) is 10.8. The Bertz CT molecular complexity index is 951. The molecule has 2 heterocycles. The van der Waals surface area contributed by atoms with Crippen molar-refractivity contribution in [3.8, 4) is 28.0 Å². The van der Waals surface area contributed by atoms with E-state index in [9.17, 15) is 5.26 Å². The van der Waals surface area contributed by atoms with E-state index in [4.69, 9.17) is 9.47 Å². The number of hydrogen-bond donors (Lipinski definition) is 0. The van der Waals surface area contributed by atoms with E-state index in [0.29, 0.717) is 17.1 Å². The van der Waals surface area contributed by atoms with Crippen LogP contribution in [-0.4, -0.2) is 20.4 Å². The van der Waals surface area contributed by atoms with E-state index < -0.39 is 0 Å². The molecule has 2 aromatic heterocycles. The zero-order chi connectivity index (χ0) is 17.8. The molecule has 0 fully saturated rings. The highest BCUT2D eigenvalue weighted by Crippen LogP contribution is 2.43. The minimum absolute atomic E-state index is 0.614. The van der Waals surface area contributed by atoms with Crippen LogP contribution in [0.4, 0.5) is 5.00 Å². The van der Waals surface area contributed by atoms with E-state index in [1.807, 2.05) is 42.6 Å². The number of aliphatic imine (C=N–C) groups is 1. The third-order valence-electron chi connectivity index (χ3n) is 3.74. The lowest BCUT2D eigenvalue weighted by Crippen LogP contribution is -1.90. The fourth-order valence-electron chi connectivity index (χ4n) is 2.46. The van der Waals surface area contributed by atoms with E-state index in [0.717, 1.165) is 25.9 Å². The van der Waals surface area contributed by atoms with Gasteiger partial charge in [-0.25, -0.2) is 4.99 Å². The van der Waals surface area contributed by atoms with Crippen LogP contribution in [0.25, 0.3) is 10.4 Å². The second kappa shape index (κ2) is 7.51. The monoisotopic (exact) mass is 368 g/mol. The van der Waals surface area contributed by atoms with Crippen LogP contribution in [0.5, 0.6) is 11.5 Å². The summed E-state index contributed by atoms with van der Waals surface area (Å²) in [5, 5.41) is 12.3. The lowest BCUT2D eigenvalue weighted by molar-refractivity contribution is 0.355. The minimum Gasteiger partial charge on any atom is -0.493 e. The standard InChI is InChI=1S/C19H16N2O2S2/c1-12-15(10-20)19(21-11-14-5-4-8-24-14)25-18(12)13-6-7-16(22-2)17(9-13)23-3/h4-9,11H,1-3H3/b21-11+. The Hall–Kier alpha value is -2.62. The van der Waals surface area contributed by atoms with Crippen LogP contribution in [0, 0.1) is 18.3 Å². The van der Waals surface area contributed by atoms with E-state index in [1.54, 1.807) is 31.8 Å². The van der Waals surface area contributed by atoms with Crippen molar-refractivity contribution in [3.05, 3.63) is 51.7 Å². The molecule has 3 aromatic rings. The van der Waals surface area contributed by atoms with Crippen LogP contribution in [0.15, 0.2) is 40.7 Å². The van der Waals surface area contributed by atoms with Crippen LogP contribution >= 0.6 is 22.7 Å². The van der Waals surface area contributed by atoms with Crippen molar-refractivity contribution in [2.45, 2.75) is 6.92 Å². The Balaban J connectivity index is 2.05. The highest BCUT2D eigenvalue weighted by atomic mass is 32.1. The fourth-order valence-corrected chi connectivity index (χ4v) is 4.15. The first-order valence-electron chi connectivity index (χ1n) is 7.51. The predicted molar refractivity (Wildman–Crippen MR) is 104 cm³/mol. The Kier molecular flexibility index (Phi) is 5.17. The first kappa shape index (κ1) is 17.2. The number of hydrogen-bond acceptors (Lipinski definition) is 6. The molecule has 0 N–H and O–H groups in total. The zero-order valence-electron chi connectivity index (χ0n) is 14.1. The van der Waals surface area contributed by atoms with Crippen molar-refractivity contribution in [1.82, 2.24) is 0 Å². The third-order valence-corrected chi connectivity index (χ3v) is 5.79. The topological polar surface area (TPSA) is 54.6 Å². The van der Waals surface area contributed by atoms with Gasteiger partial charge in [-0.15, -0.1) is 22.7 Å². The number of nitrogens with zero attached hydrogens (tertiary/aromatic N) is 2. The maximum Gasteiger partial charge on any atom is 0.161 e. The van der Waals surface area contributed by atoms with Crippen molar-refractivity contribution in [3.63, 3.8) is 0 Å². The average molecular weight is 368 g/mol. The number of nitriles is 1. The van der Waals surface area contributed by atoms with Gasteiger partial charge in [0.25, 0.3) is 0 Å². The number of methoxy groups -OCH3 is 2. The van der Waals surface area contributed by atoms with Crippen molar-refractivity contribution < 1.29 is 9.47 Å². The van der Waals surface area contributed by atoms with Gasteiger partial charge in [-0.1, -0.05) is 6.07 Å². The van der Waals surface area contributed by atoms with Crippen molar-refractivity contribution in [2.75, 3.05) is 14.2 Å². The summed E-state index contributed by atoms with van der Waals surface area (Å²) in [5.74, 6) is 1.34. The zero-order valence-corrected chi connectivity index (χ0v) is 15.7. The van der Waals surface area contributed by atoms with Gasteiger partial charge in [0.2, 0.25) is 0 Å². The maximum absolute atomic E-state index is 9.54. The molecule has 0 amide bonds. The lowest BCUT2D eigenvalue weighted by atomic mass is 10.1. The van der Waals surface area contributed by atoms with Crippen LogP contribution in [0.3, 0.4) is 0 Å². The summed E-state index contributed by atoms with van der Waals surface area (Å²) in [5.41, 5.74) is 2.52. The van der Waals surface area contributed by atoms with Crippen LogP contribution in [0.2, 0.25) is 0 Å². The van der Waals surface area contributed by atoms with Crippen molar-refractivity contribution in [2.24, 2.45) is 4.99 Å². The molecule has 25 heavy (non-hydrogen) atoms. The van der Waals surface area contributed by atoms with Gasteiger partial charge < -0.3 is 9.47 Å². The maximum atomic E-state index is 9.54. The van der Waals surface area contributed by atoms with Crippen molar-refractivity contribution >= 4 is 33.9 Å². The molecule has 0 saturated carbocycles. The summed E-state index contributed by atoms with van der Waals surface area (Å²) < 4.78 is 10.7. The molecule has 0 bridgehead atoms. The number of ether oxygens (including phenoxy) is 2. The molecular formula is C19H16N2O2S2. The van der Waals surface area contributed by atoms with E-state index >= 15 is 0 Å². The molecule has 6 heteroatoms. The van der Waals surface area contributed by atoms with Crippen LogP contribution in [0.1, 0.15) is 16.0 Å². The molecule has 0 aliphatic heterocycles. The highest BCUT2D eigenvalue weighted by Gasteiger charge is 2.17. The average Bonchev–Trinajstić information content (AvgIpc) is 3.26. The Labute approximate surface area is 154 Å². The van der Waals surface area contributed by atoms with Gasteiger partial charge in [0.15, 0.2) is 11.5 Å². The summed E-state index contributed by atoms with van der Waals surface area (Å²) in [6.07, 6.45) is 1.80. The van der Waals surface area contributed by atoms with Gasteiger partial charge in [-0.2, -0.15) is 5.26 Å². The molecule has 0 aliphatic carbocycles. The van der Waals surface area contributed by atoms with Gasteiger partial charge >= 0.3 is 0 Å². The molecule has 3 rings (SSSR count). The van der Waals surface area contributed by atoms with Crippen LogP contribution in [-0.2, 0) is 0 Å². The summed E-state index contributed by atoms with van der Waals surface area (Å²) in [4.78, 5) is 6.60. The van der Waals surface area contributed by atoms with E-state index in [1.165, 1.54) is 11.3 Å². The molecule has 0 unspecified atom stereocenters. The van der Waals surface area contributed by atoms with E-state index in [2.05, 4.69) is 11.1 Å². The van der Waals surface area contributed by atoms with Gasteiger partial charge in [0, 0.05) is 16.0 Å². The smallest absolute Gasteiger partial charge is 0.161 e. The first-order valence-corrected chi connectivity index (χ1v) is 9.21. The van der Waals surface area contributed by atoms with Gasteiger partial charge in [0.1, 0.15) is 11.1 Å². The molecule has 126 valence electrons. The molecule has 0 aliphatic rings. The highest BCUT2D eigenvalue weighted by molar-refractivity contribution is 7.19. The number of benzene rings is 1. The van der Waals surface area contributed by atoms with Gasteiger partial charge in [-0.3, -0.25) is 0 Å². The Morgan fingerprint density at radius 3 is 2.60 bits per heavy atom. The van der Waals surface area contributed by atoms with Crippen molar-refractivity contribution in [1.29, 1.82) is 5.26 Å². The predicted octanol–water partition coefficient (Wildman–Crippen LogP) is 5.42. The number of rotatable bonds is 5. The Morgan fingerprint density at radius 2 is 1.96 bits per heavy atom. The van der Waals surface area contributed by atoms with Gasteiger partial charge in [0.05, 0.1) is 19.8 Å². The minimum atomic E-state index is 0.614. The number of thiophene rings is 2. The largest absolute Gasteiger partial charge is 0.493 e. The summed E-state index contributed by atoms with van der Waals surface area (Å²) in [6, 6.07) is 12.0. The molecule has 1 aromatic carbocycles. The molecule has 0 radical (unpaired) electrons. The summed E-state index contributed by atoms with van der Waals surface area (Å²) in [7, 11) is 3.22. The van der Waals surface area contributed by atoms with Gasteiger partial charge in [-0.05, 0) is 47.7 Å². The lowest BCUT2D eigenvalue weighted by Gasteiger charge is -2.09. The fraction of sp³-hybridized carbons (Fsp3) is 0.158. The third kappa shape index (κ3) is 3.43. The SMILES string of the molecule is COc1ccc(-c2sc(/N=C/c3cccs3)c(C#N)c2C)cc1OC. The summed E-state index contributed by atoms with van der Waals surface area (Å²) >= 11 is 3.12.